The lowest BCUT2D eigenvalue weighted by atomic mass is 10.0. The molecule has 5 nitrogen and oxygen atoms in total. The largest absolute Gasteiger partial charge is 0.463 e. The average Bonchev–Trinajstić information content (AvgIpc) is 2.82. The van der Waals surface area contributed by atoms with Gasteiger partial charge in [-0.15, -0.1) is 0 Å². The number of benzene rings is 2. The van der Waals surface area contributed by atoms with Crippen molar-refractivity contribution in [3.05, 3.63) is 77.4 Å². The number of likely N-dealkylation sites (N-methyl/N-ethyl adjacent to an activating group) is 1. The first kappa shape index (κ1) is 22.8. The zero-order valence-electron chi connectivity index (χ0n) is 18.5. The smallest absolute Gasteiger partial charge is 0.330 e. The number of rotatable bonds is 8. The molecule has 0 bridgehead atoms. The minimum absolute atomic E-state index is 0.0526. The van der Waals surface area contributed by atoms with Crippen molar-refractivity contribution >= 4 is 18.0 Å². The van der Waals surface area contributed by atoms with E-state index in [1.807, 2.05) is 35.2 Å². The molecule has 5 heteroatoms. The normalized spacial score (nSPS) is 14.9. The number of carbonyl (C=O) groups excluding carboxylic acids is 2. The average molecular weight is 421 g/mol. The van der Waals surface area contributed by atoms with E-state index in [0.717, 1.165) is 44.5 Å². The number of carbonyl (C=O) groups is 2. The Hall–Kier alpha value is -2.92. The highest BCUT2D eigenvalue weighted by molar-refractivity contribution is 5.95. The van der Waals surface area contributed by atoms with E-state index in [-0.39, 0.29) is 11.9 Å². The third-order valence-corrected chi connectivity index (χ3v) is 5.80. The summed E-state index contributed by atoms with van der Waals surface area (Å²) in [6.07, 6.45) is 6.09. The monoisotopic (exact) mass is 420 g/mol. The third kappa shape index (κ3) is 6.79. The lowest BCUT2D eigenvalue weighted by Gasteiger charge is -2.37. The predicted octanol–water partition coefficient (Wildman–Crippen LogP) is 4.04. The second-order valence-corrected chi connectivity index (χ2v) is 7.95. The maximum atomic E-state index is 13.0. The van der Waals surface area contributed by atoms with Gasteiger partial charge in [0.25, 0.3) is 5.91 Å². The van der Waals surface area contributed by atoms with Gasteiger partial charge in [0.05, 0.1) is 6.61 Å². The number of likely N-dealkylation sites (tertiary alicyclic amines) is 1. The number of esters is 1. The van der Waals surface area contributed by atoms with E-state index in [1.54, 1.807) is 13.0 Å². The van der Waals surface area contributed by atoms with Crippen molar-refractivity contribution in [3.8, 4) is 0 Å². The number of amides is 1. The van der Waals surface area contributed by atoms with Crippen LogP contribution in [0.3, 0.4) is 0 Å². The van der Waals surface area contributed by atoms with Crippen LogP contribution < -0.4 is 0 Å². The second-order valence-electron chi connectivity index (χ2n) is 7.95. The van der Waals surface area contributed by atoms with Crippen molar-refractivity contribution in [2.75, 3.05) is 33.3 Å². The van der Waals surface area contributed by atoms with Crippen LogP contribution in [0.1, 0.15) is 41.3 Å². The van der Waals surface area contributed by atoms with Crippen LogP contribution in [0.4, 0.5) is 0 Å². The van der Waals surface area contributed by atoms with E-state index in [9.17, 15) is 9.59 Å². The molecule has 1 aliphatic heterocycles. The Kier molecular flexibility index (Phi) is 8.42. The first-order valence-corrected chi connectivity index (χ1v) is 11.0. The van der Waals surface area contributed by atoms with E-state index >= 15 is 0 Å². The molecule has 1 amide bonds. The van der Waals surface area contributed by atoms with Crippen LogP contribution >= 0.6 is 0 Å². The summed E-state index contributed by atoms with van der Waals surface area (Å²) in [5.41, 5.74) is 2.83. The minimum atomic E-state index is -0.377. The Morgan fingerprint density at radius 2 is 1.84 bits per heavy atom. The molecule has 0 unspecified atom stereocenters. The van der Waals surface area contributed by atoms with Gasteiger partial charge in [-0.3, -0.25) is 4.79 Å². The molecule has 0 N–H and O–H groups in total. The fourth-order valence-electron chi connectivity index (χ4n) is 3.96. The highest BCUT2D eigenvalue weighted by atomic mass is 16.5. The second kappa shape index (κ2) is 11.5. The summed E-state index contributed by atoms with van der Waals surface area (Å²) in [5, 5.41) is 0. The zero-order valence-corrected chi connectivity index (χ0v) is 18.5. The molecule has 1 saturated heterocycles. The van der Waals surface area contributed by atoms with E-state index in [1.165, 1.54) is 11.6 Å². The molecule has 1 aliphatic rings. The first-order valence-electron chi connectivity index (χ1n) is 11.0. The number of nitrogens with zero attached hydrogens (tertiary/aromatic N) is 2. The topological polar surface area (TPSA) is 49.9 Å². The molecule has 164 valence electrons. The van der Waals surface area contributed by atoms with Gasteiger partial charge in [0.15, 0.2) is 0 Å². The fraction of sp³-hybridized carbons (Fsp3) is 0.385. The quantitative estimate of drug-likeness (QED) is 0.478. The molecule has 1 heterocycles. The van der Waals surface area contributed by atoms with Crippen molar-refractivity contribution < 1.29 is 14.3 Å². The minimum Gasteiger partial charge on any atom is -0.463 e. The highest BCUT2D eigenvalue weighted by Crippen LogP contribution is 2.19. The van der Waals surface area contributed by atoms with Gasteiger partial charge in [0.1, 0.15) is 0 Å². The van der Waals surface area contributed by atoms with Crippen molar-refractivity contribution in [2.45, 2.75) is 32.2 Å². The van der Waals surface area contributed by atoms with Gasteiger partial charge in [-0.2, -0.15) is 0 Å². The molecule has 31 heavy (non-hydrogen) atoms. The summed E-state index contributed by atoms with van der Waals surface area (Å²) in [6, 6.07) is 18.5. The molecule has 0 saturated carbocycles. The molecule has 0 aliphatic carbocycles. The number of piperidine rings is 1. The van der Waals surface area contributed by atoms with Gasteiger partial charge in [-0.1, -0.05) is 42.5 Å². The SMILES string of the molecule is CCOC(=O)/C=C/c1cccc(C(=O)N2CCC(N(C)CCc3ccccc3)CC2)c1. The van der Waals surface area contributed by atoms with Crippen LogP contribution in [0.25, 0.3) is 6.08 Å². The van der Waals surface area contributed by atoms with Crippen molar-refractivity contribution in [1.82, 2.24) is 9.80 Å². The summed E-state index contributed by atoms with van der Waals surface area (Å²) < 4.78 is 4.90. The number of ether oxygens (including phenoxy) is 1. The van der Waals surface area contributed by atoms with Crippen LogP contribution in [0.15, 0.2) is 60.7 Å². The van der Waals surface area contributed by atoms with Crippen LogP contribution in [0.2, 0.25) is 0 Å². The lowest BCUT2D eigenvalue weighted by molar-refractivity contribution is -0.137. The Morgan fingerprint density at radius 1 is 1.10 bits per heavy atom. The first-order chi connectivity index (χ1) is 15.1. The number of hydrogen-bond donors (Lipinski definition) is 0. The summed E-state index contributed by atoms with van der Waals surface area (Å²) >= 11 is 0. The Labute approximate surface area is 185 Å². The third-order valence-electron chi connectivity index (χ3n) is 5.80. The molecule has 0 radical (unpaired) electrons. The maximum absolute atomic E-state index is 13.0. The van der Waals surface area contributed by atoms with Crippen LogP contribution in [-0.2, 0) is 16.0 Å². The molecule has 2 aromatic carbocycles. The highest BCUT2D eigenvalue weighted by Gasteiger charge is 2.25. The van der Waals surface area contributed by atoms with Gasteiger partial charge < -0.3 is 14.5 Å². The van der Waals surface area contributed by atoms with E-state index < -0.39 is 0 Å². The van der Waals surface area contributed by atoms with Crippen molar-refractivity contribution in [1.29, 1.82) is 0 Å². The molecular weight excluding hydrogens is 388 g/mol. The van der Waals surface area contributed by atoms with E-state index in [2.05, 4.69) is 36.2 Å². The zero-order chi connectivity index (χ0) is 22.1. The summed E-state index contributed by atoms with van der Waals surface area (Å²) in [4.78, 5) is 28.9. The molecule has 3 rings (SSSR count). The maximum Gasteiger partial charge on any atom is 0.330 e. The standard InChI is InChI=1S/C26H32N2O3/c1-3-31-25(29)13-12-22-10-7-11-23(20-22)26(30)28-18-15-24(16-19-28)27(2)17-14-21-8-5-4-6-9-21/h4-13,20,24H,3,14-19H2,1-2H3/b13-12+. The fourth-order valence-corrected chi connectivity index (χ4v) is 3.96. The Bertz CT molecular complexity index is 887. The van der Waals surface area contributed by atoms with Crippen LogP contribution in [0, 0.1) is 0 Å². The van der Waals surface area contributed by atoms with Crippen molar-refractivity contribution in [2.24, 2.45) is 0 Å². The summed E-state index contributed by atoms with van der Waals surface area (Å²) in [5.74, 6) is -0.325. The van der Waals surface area contributed by atoms with Crippen LogP contribution in [-0.4, -0.2) is 61.0 Å². The predicted molar refractivity (Wildman–Crippen MR) is 124 cm³/mol. The lowest BCUT2D eigenvalue weighted by Crippen LogP contribution is -2.46. The number of hydrogen-bond acceptors (Lipinski definition) is 4. The van der Waals surface area contributed by atoms with E-state index in [0.29, 0.717) is 18.2 Å². The van der Waals surface area contributed by atoms with Crippen LogP contribution in [0.5, 0.6) is 0 Å². The van der Waals surface area contributed by atoms with Gasteiger partial charge >= 0.3 is 5.97 Å². The van der Waals surface area contributed by atoms with Gasteiger partial charge in [-0.25, -0.2) is 4.79 Å². The molecular formula is C26H32N2O3. The molecule has 0 aromatic heterocycles. The molecule has 0 atom stereocenters. The molecule has 0 spiro atoms. The van der Waals surface area contributed by atoms with Gasteiger partial charge in [-0.05, 0) is 62.6 Å². The summed E-state index contributed by atoms with van der Waals surface area (Å²) in [7, 11) is 2.18. The Balaban J connectivity index is 1.50. The van der Waals surface area contributed by atoms with E-state index in [4.69, 9.17) is 4.74 Å². The Morgan fingerprint density at radius 3 is 2.55 bits per heavy atom. The molecule has 2 aromatic rings. The van der Waals surface area contributed by atoms with Gasteiger partial charge in [0.2, 0.25) is 0 Å². The molecule has 1 fully saturated rings. The van der Waals surface area contributed by atoms with Gasteiger partial charge in [0, 0.05) is 37.3 Å². The van der Waals surface area contributed by atoms with Crippen molar-refractivity contribution in [3.63, 3.8) is 0 Å². The summed E-state index contributed by atoms with van der Waals surface area (Å²) in [6.45, 7) is 4.68.